The van der Waals surface area contributed by atoms with Gasteiger partial charge in [-0.15, -0.1) is 0 Å². The zero-order chi connectivity index (χ0) is 19.9. The SMILES string of the molecule is COc1ccc(C(CNC(=S)Nc2ccc(C)c(C)c2)N2CCOCC2)cc1. The molecule has 3 rings (SSSR count). The van der Waals surface area contributed by atoms with E-state index in [4.69, 9.17) is 21.7 Å². The molecule has 1 heterocycles. The molecule has 6 heteroatoms. The van der Waals surface area contributed by atoms with Gasteiger partial charge in [0.15, 0.2) is 5.11 Å². The number of anilines is 1. The minimum absolute atomic E-state index is 0.217. The van der Waals surface area contributed by atoms with E-state index >= 15 is 0 Å². The van der Waals surface area contributed by atoms with Gasteiger partial charge >= 0.3 is 0 Å². The number of methoxy groups -OCH3 is 1. The van der Waals surface area contributed by atoms with Crippen LogP contribution in [-0.2, 0) is 4.74 Å². The van der Waals surface area contributed by atoms with Crippen LogP contribution in [0.15, 0.2) is 42.5 Å². The smallest absolute Gasteiger partial charge is 0.170 e. The van der Waals surface area contributed by atoms with Crippen molar-refractivity contribution in [3.05, 3.63) is 59.2 Å². The number of ether oxygens (including phenoxy) is 2. The van der Waals surface area contributed by atoms with Crippen molar-refractivity contribution < 1.29 is 9.47 Å². The minimum atomic E-state index is 0.217. The topological polar surface area (TPSA) is 45.8 Å². The average Bonchev–Trinajstić information content (AvgIpc) is 2.72. The Morgan fingerprint density at radius 1 is 1.11 bits per heavy atom. The zero-order valence-electron chi connectivity index (χ0n) is 16.8. The number of aryl methyl sites for hydroxylation is 2. The largest absolute Gasteiger partial charge is 0.497 e. The van der Waals surface area contributed by atoms with E-state index in [1.807, 2.05) is 12.1 Å². The number of rotatable bonds is 6. The van der Waals surface area contributed by atoms with Crippen molar-refractivity contribution in [1.82, 2.24) is 10.2 Å². The summed E-state index contributed by atoms with van der Waals surface area (Å²) in [6.45, 7) is 8.29. The van der Waals surface area contributed by atoms with E-state index in [1.54, 1.807) is 7.11 Å². The molecule has 28 heavy (non-hydrogen) atoms. The second kappa shape index (κ2) is 9.87. The third-order valence-corrected chi connectivity index (χ3v) is 5.45. The van der Waals surface area contributed by atoms with Crippen molar-refractivity contribution in [3.63, 3.8) is 0 Å². The Hall–Kier alpha value is -2.15. The third kappa shape index (κ3) is 5.44. The molecule has 1 saturated heterocycles. The highest BCUT2D eigenvalue weighted by atomic mass is 32.1. The average molecular weight is 400 g/mol. The number of thiocarbonyl (C=S) groups is 1. The number of hydrogen-bond donors (Lipinski definition) is 2. The highest BCUT2D eigenvalue weighted by Crippen LogP contribution is 2.24. The van der Waals surface area contributed by atoms with E-state index in [9.17, 15) is 0 Å². The summed E-state index contributed by atoms with van der Waals surface area (Å²) in [6, 6.07) is 14.8. The maximum absolute atomic E-state index is 5.54. The molecule has 2 N–H and O–H groups in total. The van der Waals surface area contributed by atoms with Gasteiger partial charge < -0.3 is 20.1 Å². The van der Waals surface area contributed by atoms with Crippen LogP contribution < -0.4 is 15.4 Å². The van der Waals surface area contributed by atoms with Crippen LogP contribution >= 0.6 is 12.2 Å². The first-order chi connectivity index (χ1) is 13.6. The molecule has 0 amide bonds. The number of morpholine rings is 1. The molecule has 2 aromatic carbocycles. The second-order valence-corrected chi connectivity index (χ2v) is 7.48. The van der Waals surface area contributed by atoms with Crippen LogP contribution in [0.5, 0.6) is 5.75 Å². The maximum Gasteiger partial charge on any atom is 0.170 e. The maximum atomic E-state index is 5.54. The lowest BCUT2D eigenvalue weighted by Crippen LogP contribution is -2.44. The van der Waals surface area contributed by atoms with E-state index in [0.29, 0.717) is 5.11 Å². The predicted molar refractivity (Wildman–Crippen MR) is 118 cm³/mol. The monoisotopic (exact) mass is 399 g/mol. The normalized spacial score (nSPS) is 15.7. The lowest BCUT2D eigenvalue weighted by molar-refractivity contribution is 0.0170. The molecule has 1 aliphatic heterocycles. The van der Waals surface area contributed by atoms with Crippen molar-refractivity contribution in [3.8, 4) is 5.75 Å². The Kier molecular flexibility index (Phi) is 7.25. The lowest BCUT2D eigenvalue weighted by atomic mass is 10.0. The molecule has 1 aliphatic rings. The molecule has 0 radical (unpaired) electrons. The van der Waals surface area contributed by atoms with Crippen molar-refractivity contribution in [2.45, 2.75) is 19.9 Å². The van der Waals surface area contributed by atoms with Crippen LogP contribution in [0.25, 0.3) is 0 Å². The Balaban J connectivity index is 1.66. The van der Waals surface area contributed by atoms with Crippen LogP contribution in [0.1, 0.15) is 22.7 Å². The summed E-state index contributed by atoms with van der Waals surface area (Å²) >= 11 is 5.54. The second-order valence-electron chi connectivity index (χ2n) is 7.07. The molecule has 150 valence electrons. The Bertz CT molecular complexity index is 789. The Labute approximate surface area is 173 Å². The highest BCUT2D eigenvalue weighted by molar-refractivity contribution is 7.80. The van der Waals surface area contributed by atoms with Crippen molar-refractivity contribution in [2.75, 3.05) is 45.3 Å². The van der Waals surface area contributed by atoms with Crippen LogP contribution in [-0.4, -0.2) is 50.0 Å². The van der Waals surface area contributed by atoms with Gasteiger partial charge in [-0.1, -0.05) is 18.2 Å². The summed E-state index contributed by atoms with van der Waals surface area (Å²) in [6.07, 6.45) is 0. The molecule has 0 aromatic heterocycles. The summed E-state index contributed by atoms with van der Waals surface area (Å²) < 4.78 is 10.8. The van der Waals surface area contributed by atoms with Gasteiger partial charge in [-0.25, -0.2) is 0 Å². The fourth-order valence-electron chi connectivity index (χ4n) is 3.36. The standard InChI is InChI=1S/C22H29N3O2S/c1-16-4-7-19(14-17(16)2)24-22(28)23-15-21(25-10-12-27-13-11-25)18-5-8-20(26-3)9-6-18/h4-9,14,21H,10-13,15H2,1-3H3,(H2,23,24,28). The first-order valence-corrected chi connectivity index (χ1v) is 10.1. The quantitative estimate of drug-likeness (QED) is 0.723. The van der Waals surface area contributed by atoms with Crippen LogP contribution in [0.3, 0.4) is 0 Å². The summed E-state index contributed by atoms with van der Waals surface area (Å²) in [5.74, 6) is 0.865. The van der Waals surface area contributed by atoms with E-state index in [-0.39, 0.29) is 6.04 Å². The first kappa shape index (κ1) is 20.6. The predicted octanol–water partition coefficient (Wildman–Crippen LogP) is 3.67. The highest BCUT2D eigenvalue weighted by Gasteiger charge is 2.23. The number of hydrogen-bond acceptors (Lipinski definition) is 4. The molecular weight excluding hydrogens is 370 g/mol. The van der Waals surface area contributed by atoms with Gasteiger partial charge in [0.1, 0.15) is 5.75 Å². The van der Waals surface area contributed by atoms with Gasteiger partial charge in [-0.3, -0.25) is 4.90 Å². The van der Waals surface area contributed by atoms with E-state index < -0.39 is 0 Å². The van der Waals surface area contributed by atoms with Crippen molar-refractivity contribution in [1.29, 1.82) is 0 Å². The summed E-state index contributed by atoms with van der Waals surface area (Å²) in [4.78, 5) is 2.44. The third-order valence-electron chi connectivity index (χ3n) is 5.21. The van der Waals surface area contributed by atoms with E-state index in [1.165, 1.54) is 16.7 Å². The molecule has 2 aromatic rings. The van der Waals surface area contributed by atoms with E-state index in [2.05, 4.69) is 59.7 Å². The number of nitrogens with one attached hydrogen (secondary N) is 2. The van der Waals surface area contributed by atoms with Gasteiger partial charge in [-0.05, 0) is 67.0 Å². The summed E-state index contributed by atoms with van der Waals surface area (Å²) in [5, 5.41) is 7.33. The fourth-order valence-corrected chi connectivity index (χ4v) is 3.56. The molecule has 0 bridgehead atoms. The fraction of sp³-hybridized carbons (Fsp3) is 0.409. The minimum Gasteiger partial charge on any atom is -0.497 e. The molecular formula is C22H29N3O2S. The number of benzene rings is 2. The summed E-state index contributed by atoms with van der Waals surface area (Å²) in [7, 11) is 1.69. The first-order valence-electron chi connectivity index (χ1n) is 9.64. The van der Waals surface area contributed by atoms with Crippen molar-refractivity contribution >= 4 is 23.0 Å². The molecule has 0 aliphatic carbocycles. The van der Waals surface area contributed by atoms with Crippen LogP contribution in [0, 0.1) is 13.8 Å². The van der Waals surface area contributed by atoms with Crippen molar-refractivity contribution in [2.24, 2.45) is 0 Å². The van der Waals surface area contributed by atoms with Crippen LogP contribution in [0.2, 0.25) is 0 Å². The number of nitrogens with zero attached hydrogens (tertiary/aromatic N) is 1. The molecule has 1 unspecified atom stereocenters. The molecule has 0 spiro atoms. The molecule has 5 nitrogen and oxygen atoms in total. The van der Waals surface area contributed by atoms with Gasteiger partial charge in [0, 0.05) is 25.3 Å². The van der Waals surface area contributed by atoms with Crippen LogP contribution in [0.4, 0.5) is 5.69 Å². The zero-order valence-corrected chi connectivity index (χ0v) is 17.6. The molecule has 0 saturated carbocycles. The Morgan fingerprint density at radius 2 is 1.82 bits per heavy atom. The molecule has 1 atom stereocenters. The lowest BCUT2D eigenvalue weighted by Gasteiger charge is -2.35. The molecule has 1 fully saturated rings. The van der Waals surface area contributed by atoms with Gasteiger partial charge in [0.2, 0.25) is 0 Å². The van der Waals surface area contributed by atoms with Gasteiger partial charge in [-0.2, -0.15) is 0 Å². The summed E-state index contributed by atoms with van der Waals surface area (Å²) in [5.41, 5.74) is 4.77. The Morgan fingerprint density at radius 3 is 2.46 bits per heavy atom. The van der Waals surface area contributed by atoms with Gasteiger partial charge in [0.05, 0.1) is 26.4 Å². The van der Waals surface area contributed by atoms with Gasteiger partial charge in [0.25, 0.3) is 0 Å². The van der Waals surface area contributed by atoms with E-state index in [0.717, 1.165) is 44.3 Å².